The topological polar surface area (TPSA) is 46.2 Å². The van der Waals surface area contributed by atoms with Gasteiger partial charge in [0, 0.05) is 5.38 Å². The van der Waals surface area contributed by atoms with E-state index in [9.17, 15) is 17.2 Å². The number of hydrogen-bond acceptors (Lipinski definition) is 3. The van der Waals surface area contributed by atoms with Crippen LogP contribution in [0.3, 0.4) is 0 Å². The van der Waals surface area contributed by atoms with Gasteiger partial charge in [-0.1, -0.05) is 0 Å². The van der Waals surface area contributed by atoms with E-state index in [-0.39, 0.29) is 14.2 Å². The Bertz CT molecular complexity index is 671. The molecule has 0 aliphatic carbocycles. The molecular weight excluding hydrogens is 395 g/mol. The average Bonchev–Trinajstić information content (AvgIpc) is 2.84. The van der Waals surface area contributed by atoms with E-state index in [2.05, 4.69) is 4.72 Å². The Morgan fingerprint density at radius 2 is 1.94 bits per heavy atom. The summed E-state index contributed by atoms with van der Waals surface area (Å²) < 4.78 is 52.2. The smallest absolute Gasteiger partial charge is 0.262 e. The van der Waals surface area contributed by atoms with Gasteiger partial charge in [-0.05, 0) is 46.2 Å². The molecule has 1 N–H and O–H groups in total. The number of thiophene rings is 1. The third-order valence-corrected chi connectivity index (χ3v) is 5.27. The SMILES string of the molecule is O=S(=O)(Nc1ccc(F)c(I)c1F)c1ccsc1. The van der Waals surface area contributed by atoms with Gasteiger partial charge in [0.15, 0.2) is 5.82 Å². The van der Waals surface area contributed by atoms with E-state index < -0.39 is 21.7 Å². The molecule has 0 bridgehead atoms. The molecule has 3 nitrogen and oxygen atoms in total. The van der Waals surface area contributed by atoms with E-state index in [0.29, 0.717) is 0 Å². The largest absolute Gasteiger partial charge is 0.277 e. The van der Waals surface area contributed by atoms with Crippen molar-refractivity contribution < 1.29 is 17.2 Å². The van der Waals surface area contributed by atoms with Crippen molar-refractivity contribution in [3.05, 3.63) is 44.2 Å². The van der Waals surface area contributed by atoms with Crippen molar-refractivity contribution >= 4 is 49.6 Å². The molecule has 8 heteroatoms. The number of halogens is 3. The Morgan fingerprint density at radius 3 is 2.56 bits per heavy atom. The second kappa shape index (κ2) is 5.10. The summed E-state index contributed by atoms with van der Waals surface area (Å²) in [6, 6.07) is 3.46. The monoisotopic (exact) mass is 401 g/mol. The van der Waals surface area contributed by atoms with Gasteiger partial charge in [-0.3, -0.25) is 4.72 Å². The van der Waals surface area contributed by atoms with Crippen LogP contribution < -0.4 is 4.72 Å². The van der Waals surface area contributed by atoms with Gasteiger partial charge in [0.25, 0.3) is 10.0 Å². The number of rotatable bonds is 3. The van der Waals surface area contributed by atoms with E-state index in [1.807, 2.05) is 0 Å². The van der Waals surface area contributed by atoms with Crippen molar-refractivity contribution in [3.63, 3.8) is 0 Å². The summed E-state index contributed by atoms with van der Waals surface area (Å²) >= 11 is 2.69. The number of benzene rings is 1. The predicted molar refractivity (Wildman–Crippen MR) is 74.2 cm³/mol. The van der Waals surface area contributed by atoms with Crippen LogP contribution in [0, 0.1) is 15.2 Å². The molecule has 0 aliphatic rings. The highest BCUT2D eigenvalue weighted by Gasteiger charge is 2.19. The first-order valence-electron chi connectivity index (χ1n) is 4.60. The zero-order valence-electron chi connectivity index (χ0n) is 8.65. The van der Waals surface area contributed by atoms with Crippen LogP contribution in [-0.2, 0) is 10.0 Å². The van der Waals surface area contributed by atoms with Gasteiger partial charge in [-0.15, -0.1) is 0 Å². The standard InChI is InChI=1S/C10H6F2INO2S2/c11-7-1-2-8(9(12)10(7)13)14-18(15,16)6-3-4-17-5-6/h1-5,14H. The first-order chi connectivity index (χ1) is 8.42. The van der Waals surface area contributed by atoms with Crippen molar-refractivity contribution in [1.82, 2.24) is 0 Å². The quantitative estimate of drug-likeness (QED) is 0.633. The molecular formula is C10H6F2INO2S2. The van der Waals surface area contributed by atoms with Crippen LogP contribution >= 0.6 is 33.9 Å². The van der Waals surface area contributed by atoms with E-state index in [1.54, 1.807) is 5.38 Å². The number of hydrogen-bond donors (Lipinski definition) is 1. The van der Waals surface area contributed by atoms with Crippen LogP contribution in [0.1, 0.15) is 0 Å². The number of nitrogens with one attached hydrogen (secondary N) is 1. The fourth-order valence-corrected chi connectivity index (χ4v) is 3.77. The van der Waals surface area contributed by atoms with Crippen LogP contribution in [0.15, 0.2) is 33.9 Å². The van der Waals surface area contributed by atoms with Gasteiger partial charge in [0.2, 0.25) is 0 Å². The summed E-state index contributed by atoms with van der Waals surface area (Å²) in [5.41, 5.74) is -0.271. The van der Waals surface area contributed by atoms with Gasteiger partial charge in [-0.2, -0.15) is 11.3 Å². The fourth-order valence-electron chi connectivity index (χ4n) is 1.21. The maximum atomic E-state index is 13.7. The lowest BCUT2D eigenvalue weighted by molar-refractivity contribution is 0.571. The molecule has 0 spiro atoms. The molecule has 0 aliphatic heterocycles. The van der Waals surface area contributed by atoms with Crippen molar-refractivity contribution in [3.8, 4) is 0 Å². The van der Waals surface area contributed by atoms with Gasteiger partial charge in [0.05, 0.1) is 14.2 Å². The molecule has 0 radical (unpaired) electrons. The Hall–Kier alpha value is -0.740. The lowest BCUT2D eigenvalue weighted by Gasteiger charge is -2.08. The Kier molecular flexibility index (Phi) is 3.87. The van der Waals surface area contributed by atoms with Crippen molar-refractivity contribution in [2.45, 2.75) is 4.90 Å². The fraction of sp³-hybridized carbons (Fsp3) is 0. The predicted octanol–water partition coefficient (Wildman–Crippen LogP) is 3.43. The van der Waals surface area contributed by atoms with E-state index in [0.717, 1.165) is 12.1 Å². The maximum absolute atomic E-state index is 13.7. The van der Waals surface area contributed by atoms with Gasteiger partial charge in [-0.25, -0.2) is 17.2 Å². The minimum absolute atomic E-state index is 0.0474. The first kappa shape index (κ1) is 13.7. The van der Waals surface area contributed by atoms with Gasteiger partial charge >= 0.3 is 0 Å². The Balaban J connectivity index is 2.39. The molecule has 0 saturated carbocycles. The first-order valence-corrected chi connectivity index (χ1v) is 8.11. The summed E-state index contributed by atoms with van der Waals surface area (Å²) in [6.07, 6.45) is 0. The average molecular weight is 401 g/mol. The molecule has 2 rings (SSSR count). The minimum atomic E-state index is -3.83. The molecule has 96 valence electrons. The van der Waals surface area contributed by atoms with Crippen LogP contribution in [0.5, 0.6) is 0 Å². The summed E-state index contributed by atoms with van der Waals surface area (Å²) in [5, 5.41) is 3.02. The van der Waals surface area contributed by atoms with Crippen molar-refractivity contribution in [1.29, 1.82) is 0 Å². The molecule has 0 saturated heterocycles. The van der Waals surface area contributed by atoms with E-state index in [4.69, 9.17) is 0 Å². The number of anilines is 1. The molecule has 0 unspecified atom stereocenters. The van der Waals surface area contributed by atoms with E-state index >= 15 is 0 Å². The molecule has 2 aromatic rings. The van der Waals surface area contributed by atoms with Crippen LogP contribution in [0.25, 0.3) is 0 Å². The van der Waals surface area contributed by atoms with Crippen LogP contribution in [0.2, 0.25) is 0 Å². The molecule has 1 aromatic carbocycles. The normalized spacial score (nSPS) is 11.5. The minimum Gasteiger partial charge on any atom is -0.277 e. The van der Waals surface area contributed by atoms with Crippen molar-refractivity contribution in [2.24, 2.45) is 0 Å². The molecule has 1 heterocycles. The highest BCUT2D eigenvalue weighted by atomic mass is 127. The van der Waals surface area contributed by atoms with Crippen LogP contribution in [-0.4, -0.2) is 8.42 Å². The Labute approximate surface area is 120 Å². The summed E-state index contributed by atoms with van der Waals surface area (Å²) in [4.78, 5) is 0.0474. The molecule has 0 atom stereocenters. The number of sulfonamides is 1. The second-order valence-corrected chi connectivity index (χ2v) is 6.83. The zero-order chi connectivity index (χ0) is 13.3. The highest BCUT2D eigenvalue weighted by molar-refractivity contribution is 14.1. The summed E-state index contributed by atoms with van der Waals surface area (Å²) in [7, 11) is -3.83. The van der Waals surface area contributed by atoms with Crippen LogP contribution in [0.4, 0.5) is 14.5 Å². The zero-order valence-corrected chi connectivity index (χ0v) is 12.4. The second-order valence-electron chi connectivity index (χ2n) is 3.29. The lowest BCUT2D eigenvalue weighted by Crippen LogP contribution is -2.13. The molecule has 0 amide bonds. The van der Waals surface area contributed by atoms with E-state index in [1.165, 1.54) is 45.4 Å². The lowest BCUT2D eigenvalue weighted by atomic mass is 10.3. The van der Waals surface area contributed by atoms with Gasteiger partial charge < -0.3 is 0 Å². The van der Waals surface area contributed by atoms with Crippen molar-refractivity contribution in [2.75, 3.05) is 4.72 Å². The summed E-state index contributed by atoms with van der Waals surface area (Å²) in [5.74, 6) is -1.65. The molecule has 0 fully saturated rings. The maximum Gasteiger partial charge on any atom is 0.262 e. The summed E-state index contributed by atoms with van der Waals surface area (Å²) in [6.45, 7) is 0. The molecule has 1 aromatic heterocycles. The third kappa shape index (κ3) is 2.64. The third-order valence-electron chi connectivity index (χ3n) is 2.08. The van der Waals surface area contributed by atoms with Gasteiger partial charge in [0.1, 0.15) is 5.82 Å². The molecule has 18 heavy (non-hydrogen) atoms. The Morgan fingerprint density at radius 1 is 1.22 bits per heavy atom. The highest BCUT2D eigenvalue weighted by Crippen LogP contribution is 2.25.